The van der Waals surface area contributed by atoms with Crippen molar-refractivity contribution < 1.29 is 17.6 Å². The highest BCUT2D eigenvalue weighted by Gasteiger charge is 2.36. The zero-order valence-electron chi connectivity index (χ0n) is 31.6. The molecule has 0 N–H and O–H groups in total. The van der Waals surface area contributed by atoms with Crippen LogP contribution in [0, 0.1) is 23.5 Å². The van der Waals surface area contributed by atoms with E-state index in [1.165, 1.54) is 31.2 Å². The Bertz CT molecular complexity index is 3170. The van der Waals surface area contributed by atoms with Gasteiger partial charge in [-0.3, -0.25) is 0 Å². The van der Waals surface area contributed by atoms with Crippen molar-refractivity contribution in [2.24, 2.45) is 11.8 Å². The summed E-state index contributed by atoms with van der Waals surface area (Å²) in [6.07, 6.45) is 8.28. The molecule has 2 aliphatic carbocycles. The fourth-order valence-corrected chi connectivity index (χ4v) is 10.8. The first-order valence-electron chi connectivity index (χ1n) is 19.5. The summed E-state index contributed by atoms with van der Waals surface area (Å²) in [5.74, 6) is -2.13. The van der Waals surface area contributed by atoms with Crippen molar-refractivity contribution in [1.29, 1.82) is 0 Å². The molecule has 0 bridgehead atoms. The molecule has 0 nitrogen and oxygen atoms in total. The third-order valence-electron chi connectivity index (χ3n) is 11.9. The van der Waals surface area contributed by atoms with Gasteiger partial charge in [0.15, 0.2) is 0 Å². The number of rotatable bonds is 7. The molecule has 1 heterocycles. The highest BCUT2D eigenvalue weighted by Crippen LogP contribution is 2.49. The van der Waals surface area contributed by atoms with Crippen molar-refractivity contribution in [2.45, 2.75) is 19.5 Å². The smallest absolute Gasteiger partial charge is 0.134 e. The van der Waals surface area contributed by atoms with Gasteiger partial charge in [-0.15, -0.1) is 17.9 Å². The first kappa shape index (κ1) is 36.1. The Labute approximate surface area is 337 Å². The highest BCUT2D eigenvalue weighted by atomic mass is 32.1. The normalized spacial score (nSPS) is 17.2. The van der Waals surface area contributed by atoms with Crippen LogP contribution >= 0.6 is 11.3 Å². The van der Waals surface area contributed by atoms with Crippen molar-refractivity contribution in [3.05, 3.63) is 203 Å². The lowest BCUT2D eigenvalue weighted by Crippen LogP contribution is -2.41. The molecular formula is C53H36F4S. The van der Waals surface area contributed by atoms with Crippen LogP contribution in [0.4, 0.5) is 17.6 Å². The van der Waals surface area contributed by atoms with Crippen LogP contribution in [0.15, 0.2) is 176 Å². The fourth-order valence-electron chi connectivity index (χ4n) is 9.57. The van der Waals surface area contributed by atoms with Gasteiger partial charge in [0, 0.05) is 49.6 Å². The first-order valence-corrected chi connectivity index (χ1v) is 20.3. The molecule has 5 heteroatoms. The number of alkyl halides is 1. The van der Waals surface area contributed by atoms with Crippen LogP contribution < -0.4 is 10.4 Å². The average molecular weight is 781 g/mol. The van der Waals surface area contributed by atoms with Gasteiger partial charge in [0.1, 0.15) is 23.6 Å². The third kappa shape index (κ3) is 5.55. The second-order valence-electron chi connectivity index (χ2n) is 15.1. The molecule has 0 fully saturated rings. The van der Waals surface area contributed by atoms with E-state index in [2.05, 4.69) is 61.2 Å². The molecular weight excluding hydrogens is 745 g/mol. The lowest BCUT2D eigenvalue weighted by atomic mass is 9.69. The molecule has 3 atom stereocenters. The molecule has 0 radical (unpaired) electrons. The molecule has 0 spiro atoms. The molecule has 0 amide bonds. The van der Waals surface area contributed by atoms with Gasteiger partial charge in [0.25, 0.3) is 0 Å². The first-order chi connectivity index (χ1) is 28.4. The molecule has 0 saturated carbocycles. The third-order valence-corrected chi connectivity index (χ3v) is 13.1. The number of hydrogen-bond acceptors (Lipinski definition) is 1. The quantitative estimate of drug-likeness (QED) is 0.0858. The standard InChI is InChI=1S/C53H36F4S/c1-3-14-43(55)47(30(2)54)50-39-21-10-6-17-35(39)49(36-18-7-11-22-40(36)50)42-24-12-23-41-32-28-27-31(29-46(32)58-53(41)42)48-33-15-4-8-19-37(33)51(38-20-9-5-16-34(38)48)52-44(56)25-13-26-45(52)57/h3-13,15-29,35,39,43H,1,14H2,2H3/b47-30-. The van der Waals surface area contributed by atoms with Gasteiger partial charge in [0.05, 0.1) is 5.56 Å². The maximum Gasteiger partial charge on any atom is 0.134 e. The predicted octanol–water partition coefficient (Wildman–Crippen LogP) is 13.9. The van der Waals surface area contributed by atoms with E-state index in [1.807, 2.05) is 78.9 Å². The summed E-state index contributed by atoms with van der Waals surface area (Å²) in [5, 5.41) is 7.43. The number of allylic oxidation sites excluding steroid dienone is 7. The van der Waals surface area contributed by atoms with Gasteiger partial charge >= 0.3 is 0 Å². The Kier molecular flexibility index (Phi) is 8.87. The molecule has 1 aromatic heterocycles. The summed E-state index contributed by atoms with van der Waals surface area (Å²) in [7, 11) is 0. The Morgan fingerprint density at radius 1 is 0.655 bits per heavy atom. The summed E-state index contributed by atoms with van der Waals surface area (Å²) in [6.45, 7) is 5.09. The van der Waals surface area contributed by atoms with Gasteiger partial charge < -0.3 is 0 Å². The SMILES string of the molecule is C=CCC(F)/C(C1=c2ccccc2=C(c2cccc3c2sc2cc(-c4c5ccccc5c(-c5c(F)cccc5F)c5ccccc45)ccc23)C2C=CC=CC12)=C(\C)F. The summed E-state index contributed by atoms with van der Waals surface area (Å²) in [5.41, 5.74) is 5.55. The Hall–Kier alpha value is -6.30. The van der Waals surface area contributed by atoms with Crippen molar-refractivity contribution >= 4 is 64.2 Å². The fraction of sp³-hybridized carbons (Fsp3) is 0.0943. The van der Waals surface area contributed by atoms with Crippen LogP contribution in [0.2, 0.25) is 0 Å². The Morgan fingerprint density at radius 3 is 1.90 bits per heavy atom. The van der Waals surface area contributed by atoms with Crippen LogP contribution in [-0.4, -0.2) is 6.17 Å². The minimum atomic E-state index is -1.52. The molecule has 0 aliphatic heterocycles. The molecule has 10 rings (SSSR count). The van der Waals surface area contributed by atoms with E-state index in [4.69, 9.17) is 0 Å². The van der Waals surface area contributed by atoms with E-state index in [9.17, 15) is 0 Å². The molecule has 282 valence electrons. The summed E-state index contributed by atoms with van der Waals surface area (Å²) in [4.78, 5) is 0. The molecule has 3 unspecified atom stereocenters. The van der Waals surface area contributed by atoms with E-state index >= 15 is 17.6 Å². The lowest BCUT2D eigenvalue weighted by Gasteiger charge is -2.35. The molecule has 0 saturated heterocycles. The average Bonchev–Trinajstić information content (AvgIpc) is 3.62. The van der Waals surface area contributed by atoms with Gasteiger partial charge in [0.2, 0.25) is 0 Å². The minimum Gasteiger partial charge on any atom is -0.242 e. The van der Waals surface area contributed by atoms with Gasteiger partial charge in [-0.2, -0.15) is 0 Å². The summed E-state index contributed by atoms with van der Waals surface area (Å²) >= 11 is 1.73. The van der Waals surface area contributed by atoms with E-state index < -0.39 is 23.6 Å². The molecule has 7 aromatic carbocycles. The zero-order valence-corrected chi connectivity index (χ0v) is 32.4. The minimum absolute atomic E-state index is 0.0265. The topological polar surface area (TPSA) is 0 Å². The monoisotopic (exact) mass is 780 g/mol. The largest absolute Gasteiger partial charge is 0.242 e. The summed E-state index contributed by atoms with van der Waals surface area (Å²) in [6, 6.07) is 40.8. The summed E-state index contributed by atoms with van der Waals surface area (Å²) < 4.78 is 64.6. The maximum absolute atomic E-state index is 15.9. The molecule has 2 aliphatic rings. The lowest BCUT2D eigenvalue weighted by molar-refractivity contribution is 0.380. The highest BCUT2D eigenvalue weighted by molar-refractivity contribution is 7.26. The van der Waals surface area contributed by atoms with Crippen molar-refractivity contribution in [2.75, 3.05) is 0 Å². The zero-order chi connectivity index (χ0) is 39.7. The van der Waals surface area contributed by atoms with Crippen molar-refractivity contribution in [3.63, 3.8) is 0 Å². The second kappa shape index (κ2) is 14.3. The Morgan fingerprint density at radius 2 is 1.24 bits per heavy atom. The van der Waals surface area contributed by atoms with Crippen LogP contribution in [0.3, 0.4) is 0 Å². The molecule has 8 aromatic rings. The van der Waals surface area contributed by atoms with Crippen LogP contribution in [-0.2, 0) is 0 Å². The van der Waals surface area contributed by atoms with Crippen molar-refractivity contribution in [1.82, 2.24) is 0 Å². The van der Waals surface area contributed by atoms with E-state index in [0.717, 1.165) is 74.4 Å². The van der Waals surface area contributed by atoms with E-state index in [0.29, 0.717) is 11.1 Å². The second-order valence-corrected chi connectivity index (χ2v) is 16.1. The Balaban J connectivity index is 1.23. The maximum atomic E-state index is 15.9. The number of hydrogen-bond donors (Lipinski definition) is 0. The van der Waals surface area contributed by atoms with E-state index in [-0.39, 0.29) is 29.4 Å². The number of thiophene rings is 1. The van der Waals surface area contributed by atoms with Gasteiger partial charge in [-0.05, 0) is 84.9 Å². The van der Waals surface area contributed by atoms with Crippen molar-refractivity contribution in [3.8, 4) is 22.3 Å². The number of benzene rings is 7. The number of fused-ring (bicyclic) bond motifs is 7. The predicted molar refractivity (Wildman–Crippen MR) is 236 cm³/mol. The number of halogens is 4. The van der Waals surface area contributed by atoms with Gasteiger partial charge in [-0.25, -0.2) is 17.6 Å². The molecule has 58 heavy (non-hydrogen) atoms. The van der Waals surface area contributed by atoms with Gasteiger partial charge in [-0.1, -0.05) is 140 Å². The van der Waals surface area contributed by atoms with Crippen LogP contribution in [0.1, 0.15) is 18.9 Å². The van der Waals surface area contributed by atoms with Crippen LogP contribution in [0.5, 0.6) is 0 Å². The van der Waals surface area contributed by atoms with Crippen LogP contribution in [0.25, 0.3) is 75.1 Å². The van der Waals surface area contributed by atoms with E-state index in [1.54, 1.807) is 11.3 Å².